The summed E-state index contributed by atoms with van der Waals surface area (Å²) in [7, 11) is 1.95. The van der Waals surface area contributed by atoms with E-state index >= 15 is 0 Å². The molecule has 0 bridgehead atoms. The second kappa shape index (κ2) is 7.68. The Morgan fingerprint density at radius 1 is 1.31 bits per heavy atom. The second-order valence-electron chi connectivity index (χ2n) is 7.28. The van der Waals surface area contributed by atoms with Gasteiger partial charge in [0, 0.05) is 37.5 Å². The molecule has 1 aromatic carbocycles. The molecular weight excluding hydrogens is 330 g/mol. The first kappa shape index (κ1) is 17.4. The van der Waals surface area contributed by atoms with Crippen molar-refractivity contribution in [3.8, 4) is 11.5 Å². The molecule has 4 rings (SSSR count). The maximum Gasteiger partial charge on any atom is 0.231 e. The molecule has 3 heterocycles. The normalized spacial score (nSPS) is 23.2. The molecule has 0 spiro atoms. The molecule has 0 radical (unpaired) electrons. The topological polar surface area (TPSA) is 57.5 Å². The van der Waals surface area contributed by atoms with Gasteiger partial charge in [-0.05, 0) is 50.3 Å². The molecule has 1 N–H and O–H groups in total. The first-order valence-corrected chi connectivity index (χ1v) is 9.44. The van der Waals surface area contributed by atoms with Gasteiger partial charge in [-0.3, -0.25) is 4.68 Å². The van der Waals surface area contributed by atoms with Crippen molar-refractivity contribution in [2.24, 2.45) is 7.05 Å². The first-order valence-electron chi connectivity index (χ1n) is 9.44. The van der Waals surface area contributed by atoms with Crippen LogP contribution in [-0.4, -0.2) is 35.3 Å². The lowest BCUT2D eigenvalue weighted by Crippen LogP contribution is -2.44. The van der Waals surface area contributed by atoms with Crippen LogP contribution in [0.1, 0.15) is 43.4 Å². The molecule has 1 aromatic heterocycles. The van der Waals surface area contributed by atoms with Crippen LogP contribution in [0.3, 0.4) is 0 Å². The molecule has 2 aliphatic heterocycles. The van der Waals surface area contributed by atoms with Gasteiger partial charge in [0.25, 0.3) is 0 Å². The van der Waals surface area contributed by atoms with Gasteiger partial charge in [0.1, 0.15) is 6.10 Å². The fourth-order valence-electron chi connectivity index (χ4n) is 3.80. The summed E-state index contributed by atoms with van der Waals surface area (Å²) in [6.45, 7) is 3.40. The highest BCUT2D eigenvalue weighted by atomic mass is 16.7. The van der Waals surface area contributed by atoms with Crippen LogP contribution >= 0.6 is 0 Å². The van der Waals surface area contributed by atoms with E-state index in [1.54, 1.807) is 0 Å². The minimum atomic E-state index is 0.0884. The Balaban J connectivity index is 1.33. The fraction of sp³-hybridized carbons (Fsp3) is 0.550. The summed E-state index contributed by atoms with van der Waals surface area (Å²) in [5.74, 6) is 1.71. The van der Waals surface area contributed by atoms with Crippen LogP contribution in [0.4, 0.5) is 0 Å². The van der Waals surface area contributed by atoms with Crippen LogP contribution in [0.15, 0.2) is 30.6 Å². The summed E-state index contributed by atoms with van der Waals surface area (Å²) < 4.78 is 18.7. The van der Waals surface area contributed by atoms with E-state index in [-0.39, 0.29) is 6.10 Å². The molecular formula is C20H27N3O3. The van der Waals surface area contributed by atoms with Crippen molar-refractivity contribution in [2.75, 3.05) is 13.4 Å². The summed E-state index contributed by atoms with van der Waals surface area (Å²) in [5, 5.41) is 8.08. The molecule has 0 unspecified atom stereocenters. The zero-order valence-corrected chi connectivity index (χ0v) is 15.5. The number of hydrogen-bond acceptors (Lipinski definition) is 5. The molecule has 3 atom stereocenters. The number of hydrogen-bond donors (Lipinski definition) is 1. The number of nitrogens with zero attached hydrogens (tertiary/aromatic N) is 2. The largest absolute Gasteiger partial charge is 0.454 e. The number of rotatable bonds is 6. The third-order valence-electron chi connectivity index (χ3n) is 5.18. The van der Waals surface area contributed by atoms with Crippen molar-refractivity contribution in [1.29, 1.82) is 0 Å². The zero-order chi connectivity index (χ0) is 17.9. The van der Waals surface area contributed by atoms with E-state index in [4.69, 9.17) is 14.2 Å². The van der Waals surface area contributed by atoms with Crippen molar-refractivity contribution in [1.82, 2.24) is 15.1 Å². The van der Waals surface area contributed by atoms with Crippen LogP contribution in [0, 0.1) is 0 Å². The maximum atomic E-state index is 6.06. The minimum Gasteiger partial charge on any atom is -0.454 e. The zero-order valence-electron chi connectivity index (χ0n) is 15.5. The minimum absolute atomic E-state index is 0.0884. The quantitative estimate of drug-likeness (QED) is 0.861. The molecule has 0 amide bonds. The van der Waals surface area contributed by atoms with Crippen molar-refractivity contribution in [3.63, 3.8) is 0 Å². The van der Waals surface area contributed by atoms with Gasteiger partial charge in [-0.15, -0.1) is 0 Å². The Morgan fingerprint density at radius 3 is 3.04 bits per heavy atom. The molecule has 0 saturated carbocycles. The highest BCUT2D eigenvalue weighted by Gasteiger charge is 2.29. The summed E-state index contributed by atoms with van der Waals surface area (Å²) in [5.41, 5.74) is 2.44. The fourth-order valence-corrected chi connectivity index (χ4v) is 3.80. The molecule has 140 valence electrons. The molecule has 6 heteroatoms. The number of nitrogens with one attached hydrogen (secondary N) is 1. The van der Waals surface area contributed by atoms with Crippen LogP contribution in [0.2, 0.25) is 0 Å². The highest BCUT2D eigenvalue weighted by molar-refractivity contribution is 5.44. The van der Waals surface area contributed by atoms with Gasteiger partial charge >= 0.3 is 0 Å². The summed E-state index contributed by atoms with van der Waals surface area (Å²) in [6.07, 6.45) is 8.37. The van der Waals surface area contributed by atoms with E-state index in [9.17, 15) is 0 Å². The van der Waals surface area contributed by atoms with Gasteiger partial charge in [0.15, 0.2) is 11.5 Å². The van der Waals surface area contributed by atoms with Crippen LogP contribution in [-0.2, 0) is 18.2 Å². The monoisotopic (exact) mass is 357 g/mol. The Hall–Kier alpha value is -2.05. The predicted molar refractivity (Wildman–Crippen MR) is 98.4 cm³/mol. The Labute approximate surface area is 154 Å². The van der Waals surface area contributed by atoms with Gasteiger partial charge in [-0.25, -0.2) is 0 Å². The summed E-state index contributed by atoms with van der Waals surface area (Å²) in [6, 6.07) is 6.97. The van der Waals surface area contributed by atoms with Crippen molar-refractivity contribution < 1.29 is 14.2 Å². The molecule has 0 aliphatic carbocycles. The third-order valence-corrected chi connectivity index (χ3v) is 5.18. The second-order valence-corrected chi connectivity index (χ2v) is 7.28. The average molecular weight is 357 g/mol. The number of aromatic nitrogens is 2. The molecule has 2 aromatic rings. The van der Waals surface area contributed by atoms with Crippen LogP contribution in [0.25, 0.3) is 0 Å². The smallest absolute Gasteiger partial charge is 0.231 e. The van der Waals surface area contributed by atoms with E-state index in [1.807, 2.05) is 24.0 Å². The van der Waals surface area contributed by atoms with Gasteiger partial charge in [-0.1, -0.05) is 6.07 Å². The standard InChI is InChI=1S/C20H27N3O3/c1-14(5-6-15-7-8-18-19(10-15)26-13-25-18)22-17-4-3-9-24-20(17)16-11-21-23(2)12-16/h7-8,10-12,14,17,20,22H,3-6,9,13H2,1-2H3/t14-,17+,20-/m1/s1. The average Bonchev–Trinajstić information content (AvgIpc) is 3.28. The van der Waals surface area contributed by atoms with E-state index in [0.29, 0.717) is 18.9 Å². The van der Waals surface area contributed by atoms with E-state index in [2.05, 4.69) is 35.7 Å². The molecule has 1 fully saturated rings. The SMILES string of the molecule is C[C@H](CCc1ccc2c(c1)OCO2)N[C@H]1CCCO[C@@H]1c1cnn(C)c1. The van der Waals surface area contributed by atoms with Gasteiger partial charge in [0.2, 0.25) is 6.79 Å². The lowest BCUT2D eigenvalue weighted by Gasteiger charge is -2.34. The molecule has 2 aliphatic rings. The lowest BCUT2D eigenvalue weighted by atomic mass is 9.96. The number of fused-ring (bicyclic) bond motifs is 1. The molecule has 26 heavy (non-hydrogen) atoms. The first-order chi connectivity index (χ1) is 12.7. The van der Waals surface area contributed by atoms with Crippen LogP contribution in [0.5, 0.6) is 11.5 Å². The van der Waals surface area contributed by atoms with E-state index < -0.39 is 0 Å². The number of ether oxygens (including phenoxy) is 3. The molecule has 1 saturated heterocycles. The maximum absolute atomic E-state index is 6.06. The van der Waals surface area contributed by atoms with Gasteiger partial charge in [0.05, 0.1) is 6.20 Å². The predicted octanol–water partition coefficient (Wildman–Crippen LogP) is 2.98. The Morgan fingerprint density at radius 2 is 2.19 bits per heavy atom. The van der Waals surface area contributed by atoms with Crippen molar-refractivity contribution in [3.05, 3.63) is 41.7 Å². The third kappa shape index (κ3) is 3.86. The van der Waals surface area contributed by atoms with Gasteiger partial charge in [-0.2, -0.15) is 5.10 Å². The van der Waals surface area contributed by atoms with Crippen molar-refractivity contribution >= 4 is 0 Å². The summed E-state index contributed by atoms with van der Waals surface area (Å²) >= 11 is 0. The van der Waals surface area contributed by atoms with Crippen LogP contribution < -0.4 is 14.8 Å². The van der Waals surface area contributed by atoms with E-state index in [0.717, 1.165) is 49.4 Å². The lowest BCUT2D eigenvalue weighted by molar-refractivity contribution is -0.0136. The van der Waals surface area contributed by atoms with Gasteiger partial charge < -0.3 is 19.5 Å². The Bertz CT molecular complexity index is 746. The Kier molecular flexibility index (Phi) is 5.13. The highest BCUT2D eigenvalue weighted by Crippen LogP contribution is 2.33. The number of aryl methyl sites for hydroxylation is 2. The van der Waals surface area contributed by atoms with E-state index in [1.165, 1.54) is 5.56 Å². The number of benzene rings is 1. The molecule has 6 nitrogen and oxygen atoms in total. The summed E-state index contributed by atoms with van der Waals surface area (Å²) in [4.78, 5) is 0. The van der Waals surface area contributed by atoms with Crippen molar-refractivity contribution in [2.45, 2.75) is 50.8 Å².